The van der Waals surface area contributed by atoms with Crippen molar-refractivity contribution < 1.29 is 9.53 Å². The molecule has 0 bridgehead atoms. The van der Waals surface area contributed by atoms with E-state index < -0.39 is 0 Å². The van der Waals surface area contributed by atoms with Crippen LogP contribution >= 0.6 is 11.6 Å². The predicted molar refractivity (Wildman–Crippen MR) is 69.4 cm³/mol. The van der Waals surface area contributed by atoms with Crippen molar-refractivity contribution in [2.24, 2.45) is 0 Å². The maximum absolute atomic E-state index is 11.4. The number of halogens is 1. The fraction of sp³-hybridized carbons (Fsp3) is 0.385. The third-order valence-electron chi connectivity index (χ3n) is 2.55. The van der Waals surface area contributed by atoms with Gasteiger partial charge in [-0.05, 0) is 30.2 Å². The van der Waals surface area contributed by atoms with Crippen LogP contribution in [0.2, 0.25) is 5.02 Å². The number of amides is 1. The molecular weight excluding hydrogens is 252 g/mol. The van der Waals surface area contributed by atoms with Crippen LogP contribution in [0.4, 0.5) is 0 Å². The second-order valence-electron chi connectivity index (χ2n) is 3.85. The summed E-state index contributed by atoms with van der Waals surface area (Å²) in [5.41, 5.74) is 1.93. The number of carbonyl (C=O) groups is 1. The molecule has 1 rings (SSSR count). The lowest BCUT2D eigenvalue weighted by atomic mass is 10.1. The molecule has 1 aromatic rings. The number of hydrogen-bond acceptors (Lipinski definition) is 3. The number of nitriles is 1. The number of aryl methyl sites for hydroxylation is 1. The number of benzene rings is 1. The molecule has 0 aliphatic carbocycles. The van der Waals surface area contributed by atoms with Crippen LogP contribution in [-0.2, 0) is 11.3 Å². The molecule has 1 N–H and O–H groups in total. The van der Waals surface area contributed by atoms with E-state index >= 15 is 0 Å². The Bertz CT molecular complexity index is 481. The first-order valence-corrected chi connectivity index (χ1v) is 5.93. The summed E-state index contributed by atoms with van der Waals surface area (Å²) in [5.74, 6) is 0.483. The van der Waals surface area contributed by atoms with E-state index in [0.29, 0.717) is 17.3 Å². The fourth-order valence-corrected chi connectivity index (χ4v) is 1.76. The van der Waals surface area contributed by atoms with Crippen LogP contribution in [0.15, 0.2) is 12.1 Å². The Morgan fingerprint density at radius 2 is 2.28 bits per heavy atom. The predicted octanol–water partition coefficient (Wildman–Crippen LogP) is 2.58. The van der Waals surface area contributed by atoms with Crippen LogP contribution in [0.1, 0.15) is 24.0 Å². The van der Waals surface area contributed by atoms with Crippen molar-refractivity contribution in [1.82, 2.24) is 5.32 Å². The monoisotopic (exact) mass is 266 g/mol. The molecule has 0 aliphatic heterocycles. The maximum atomic E-state index is 11.4. The van der Waals surface area contributed by atoms with Crippen molar-refractivity contribution in [2.45, 2.75) is 26.3 Å². The Labute approximate surface area is 112 Å². The van der Waals surface area contributed by atoms with Gasteiger partial charge in [0.1, 0.15) is 5.75 Å². The van der Waals surface area contributed by atoms with Crippen molar-refractivity contribution in [3.8, 4) is 11.8 Å². The molecule has 0 saturated carbocycles. The number of nitrogens with zero attached hydrogens (tertiary/aromatic N) is 1. The summed E-state index contributed by atoms with van der Waals surface area (Å²) in [6.45, 7) is 2.33. The average Bonchev–Trinajstić information content (AvgIpc) is 2.36. The van der Waals surface area contributed by atoms with Gasteiger partial charge in [-0.25, -0.2) is 0 Å². The van der Waals surface area contributed by atoms with E-state index in [9.17, 15) is 4.79 Å². The van der Waals surface area contributed by atoms with Crippen LogP contribution in [0.3, 0.4) is 0 Å². The van der Waals surface area contributed by atoms with Crippen LogP contribution in [-0.4, -0.2) is 13.0 Å². The first-order chi connectivity index (χ1) is 8.58. The highest BCUT2D eigenvalue weighted by molar-refractivity contribution is 6.32. The smallest absolute Gasteiger partial charge is 0.221 e. The standard InChI is InChI=1S/C13H15ClN2O2/c1-9-6-12(18-2)11(14)7-10(9)8-16-13(17)4-3-5-15/h6-7H,3-4,8H2,1-2H3,(H,16,17). The maximum Gasteiger partial charge on any atom is 0.221 e. The minimum absolute atomic E-state index is 0.136. The third kappa shape index (κ3) is 3.94. The Kier molecular flexibility index (Phi) is 5.47. The number of nitrogens with one attached hydrogen (secondary N) is 1. The van der Waals surface area contributed by atoms with Crippen LogP contribution in [0.25, 0.3) is 0 Å². The quantitative estimate of drug-likeness (QED) is 0.891. The topological polar surface area (TPSA) is 62.1 Å². The summed E-state index contributed by atoms with van der Waals surface area (Å²) in [4.78, 5) is 11.4. The molecule has 0 unspecified atom stereocenters. The van der Waals surface area contributed by atoms with Crippen molar-refractivity contribution in [3.05, 3.63) is 28.3 Å². The molecule has 18 heavy (non-hydrogen) atoms. The third-order valence-corrected chi connectivity index (χ3v) is 2.85. The number of methoxy groups -OCH3 is 1. The van der Waals surface area contributed by atoms with E-state index in [-0.39, 0.29) is 18.7 Å². The van der Waals surface area contributed by atoms with E-state index in [2.05, 4.69) is 5.32 Å². The molecule has 0 fully saturated rings. The van der Waals surface area contributed by atoms with Crippen molar-refractivity contribution in [1.29, 1.82) is 5.26 Å². The van der Waals surface area contributed by atoms with E-state index in [1.807, 2.05) is 19.1 Å². The van der Waals surface area contributed by atoms with Gasteiger partial charge in [0.05, 0.1) is 18.2 Å². The molecular formula is C13H15ClN2O2. The molecule has 0 atom stereocenters. The average molecular weight is 267 g/mol. The van der Waals surface area contributed by atoms with Crippen molar-refractivity contribution in [2.75, 3.05) is 7.11 Å². The lowest BCUT2D eigenvalue weighted by Gasteiger charge is -2.11. The van der Waals surface area contributed by atoms with Gasteiger partial charge in [0.25, 0.3) is 0 Å². The van der Waals surface area contributed by atoms with Gasteiger partial charge in [-0.15, -0.1) is 0 Å². The van der Waals surface area contributed by atoms with Crippen molar-refractivity contribution in [3.63, 3.8) is 0 Å². The molecule has 0 saturated heterocycles. The molecule has 0 heterocycles. The second-order valence-corrected chi connectivity index (χ2v) is 4.26. The molecule has 0 radical (unpaired) electrons. The first-order valence-electron chi connectivity index (χ1n) is 5.55. The minimum atomic E-state index is -0.136. The lowest BCUT2D eigenvalue weighted by Crippen LogP contribution is -2.22. The number of hydrogen-bond donors (Lipinski definition) is 1. The molecule has 96 valence electrons. The molecule has 4 nitrogen and oxygen atoms in total. The van der Waals surface area contributed by atoms with Crippen molar-refractivity contribution >= 4 is 17.5 Å². The highest BCUT2D eigenvalue weighted by atomic mass is 35.5. The van der Waals surface area contributed by atoms with Gasteiger partial charge in [-0.2, -0.15) is 5.26 Å². The highest BCUT2D eigenvalue weighted by Crippen LogP contribution is 2.27. The Balaban J connectivity index is 2.66. The molecule has 0 aliphatic rings. The number of carbonyl (C=O) groups excluding carboxylic acids is 1. The highest BCUT2D eigenvalue weighted by Gasteiger charge is 2.07. The summed E-state index contributed by atoms with van der Waals surface area (Å²) < 4.78 is 5.10. The SMILES string of the molecule is COc1cc(C)c(CNC(=O)CCC#N)cc1Cl. The van der Waals surface area contributed by atoms with Gasteiger partial charge in [0, 0.05) is 19.4 Å². The van der Waals surface area contributed by atoms with Gasteiger partial charge in [-0.1, -0.05) is 11.6 Å². The number of rotatable bonds is 5. The second kappa shape index (κ2) is 6.87. The fourth-order valence-electron chi connectivity index (χ4n) is 1.49. The van der Waals surface area contributed by atoms with E-state index in [1.54, 1.807) is 13.2 Å². The first kappa shape index (κ1) is 14.3. The molecule has 0 aromatic heterocycles. The summed E-state index contributed by atoms with van der Waals surface area (Å²) >= 11 is 6.02. The Hall–Kier alpha value is -1.73. The molecule has 0 spiro atoms. The zero-order chi connectivity index (χ0) is 13.5. The molecule has 1 amide bonds. The summed E-state index contributed by atoms with van der Waals surface area (Å²) in [7, 11) is 1.56. The van der Waals surface area contributed by atoms with Crippen LogP contribution in [0, 0.1) is 18.3 Å². The van der Waals surface area contributed by atoms with E-state index in [4.69, 9.17) is 21.6 Å². The summed E-state index contributed by atoms with van der Waals surface area (Å²) in [5, 5.41) is 11.6. The Morgan fingerprint density at radius 3 is 2.89 bits per heavy atom. The molecule has 1 aromatic carbocycles. The van der Waals surface area contributed by atoms with Gasteiger partial charge < -0.3 is 10.1 Å². The zero-order valence-electron chi connectivity index (χ0n) is 10.4. The van der Waals surface area contributed by atoms with Crippen LogP contribution < -0.4 is 10.1 Å². The summed E-state index contributed by atoms with van der Waals surface area (Å²) in [6, 6.07) is 5.54. The number of ether oxygens (including phenoxy) is 1. The van der Waals surface area contributed by atoms with E-state index in [1.165, 1.54) is 0 Å². The van der Waals surface area contributed by atoms with Gasteiger partial charge in [0.15, 0.2) is 0 Å². The van der Waals surface area contributed by atoms with Gasteiger partial charge in [-0.3, -0.25) is 4.79 Å². The Morgan fingerprint density at radius 1 is 1.56 bits per heavy atom. The molecule has 5 heteroatoms. The van der Waals surface area contributed by atoms with Gasteiger partial charge >= 0.3 is 0 Å². The summed E-state index contributed by atoms with van der Waals surface area (Å²) in [6.07, 6.45) is 0.452. The van der Waals surface area contributed by atoms with E-state index in [0.717, 1.165) is 11.1 Å². The van der Waals surface area contributed by atoms with Crippen LogP contribution in [0.5, 0.6) is 5.75 Å². The minimum Gasteiger partial charge on any atom is -0.495 e. The largest absolute Gasteiger partial charge is 0.495 e. The lowest BCUT2D eigenvalue weighted by molar-refractivity contribution is -0.121. The van der Waals surface area contributed by atoms with Gasteiger partial charge in [0.2, 0.25) is 5.91 Å². The zero-order valence-corrected chi connectivity index (χ0v) is 11.2. The normalized spacial score (nSPS) is 9.67.